The summed E-state index contributed by atoms with van der Waals surface area (Å²) in [4.78, 5) is 0. The summed E-state index contributed by atoms with van der Waals surface area (Å²) in [5.41, 5.74) is 2.57. The molecule has 0 atom stereocenters. The molecule has 0 aliphatic heterocycles. The highest BCUT2D eigenvalue weighted by atomic mass is 14.1. The molecule has 0 bridgehead atoms. The van der Waals surface area contributed by atoms with Gasteiger partial charge >= 0.3 is 0 Å². The van der Waals surface area contributed by atoms with Crippen LogP contribution in [0.15, 0.2) is 60.7 Å². The van der Waals surface area contributed by atoms with Gasteiger partial charge in [0.2, 0.25) is 0 Å². The Kier molecular flexibility index (Phi) is 3.41. The second-order valence-electron chi connectivity index (χ2n) is 3.78. The molecule has 0 amide bonds. The van der Waals surface area contributed by atoms with Gasteiger partial charge in [-0.3, -0.25) is 0 Å². The van der Waals surface area contributed by atoms with Crippen molar-refractivity contribution >= 4 is 0 Å². The Morgan fingerprint density at radius 1 is 0.812 bits per heavy atom. The Balaban J connectivity index is 2.36. The van der Waals surface area contributed by atoms with E-state index in [1.54, 1.807) is 0 Å². The largest absolute Gasteiger partial charge is 0.120 e. The summed E-state index contributed by atoms with van der Waals surface area (Å²) >= 11 is 0. The lowest BCUT2D eigenvalue weighted by Crippen LogP contribution is -1.99. The molecule has 0 fully saturated rings. The lowest BCUT2D eigenvalue weighted by atomic mass is 9.89. The fourth-order valence-corrected chi connectivity index (χ4v) is 1.92. The first kappa shape index (κ1) is 10.5. The minimum absolute atomic E-state index is 0.312. The van der Waals surface area contributed by atoms with Crippen molar-refractivity contribution in [1.82, 2.24) is 0 Å². The summed E-state index contributed by atoms with van der Waals surface area (Å²) in [6.45, 7) is 0. The van der Waals surface area contributed by atoms with Gasteiger partial charge < -0.3 is 0 Å². The first-order chi connectivity index (χ1) is 7.92. The van der Waals surface area contributed by atoms with Crippen molar-refractivity contribution in [2.45, 2.75) is 12.3 Å². The predicted octanol–water partition coefficient (Wildman–Crippen LogP) is 3.84. The lowest BCUT2D eigenvalue weighted by molar-refractivity contribution is 0.847. The molecule has 0 saturated carbocycles. The first-order valence-corrected chi connectivity index (χ1v) is 5.45. The molecule has 0 aliphatic rings. The van der Waals surface area contributed by atoms with E-state index in [9.17, 15) is 0 Å². The SMILES string of the molecule is C#CCC(c1ccccc1)c1ccccc1. The standard InChI is InChI=1S/C16H14/c1-2-9-16(14-10-5-3-6-11-14)15-12-7-4-8-13-15/h1,3-8,10-13,16H,9H2. The Morgan fingerprint density at radius 2 is 1.25 bits per heavy atom. The second-order valence-corrected chi connectivity index (χ2v) is 3.78. The average Bonchev–Trinajstić information content (AvgIpc) is 2.38. The molecule has 0 spiro atoms. The van der Waals surface area contributed by atoms with Crippen LogP contribution >= 0.6 is 0 Å². The van der Waals surface area contributed by atoms with Gasteiger partial charge in [-0.15, -0.1) is 12.3 Å². The van der Waals surface area contributed by atoms with E-state index < -0.39 is 0 Å². The van der Waals surface area contributed by atoms with Gasteiger partial charge in [0.1, 0.15) is 0 Å². The summed E-state index contributed by atoms with van der Waals surface area (Å²) in [6, 6.07) is 20.8. The van der Waals surface area contributed by atoms with Crippen molar-refractivity contribution in [3.8, 4) is 12.3 Å². The van der Waals surface area contributed by atoms with Crippen LogP contribution in [0.4, 0.5) is 0 Å². The van der Waals surface area contributed by atoms with Crippen LogP contribution in [0.5, 0.6) is 0 Å². The molecule has 2 rings (SSSR count). The average molecular weight is 206 g/mol. The summed E-state index contributed by atoms with van der Waals surface area (Å²) in [7, 11) is 0. The van der Waals surface area contributed by atoms with Crippen LogP contribution in [0.1, 0.15) is 23.5 Å². The van der Waals surface area contributed by atoms with Crippen LogP contribution in [0, 0.1) is 12.3 Å². The van der Waals surface area contributed by atoms with E-state index in [2.05, 4.69) is 54.5 Å². The normalized spacial score (nSPS) is 10.0. The molecule has 0 heteroatoms. The molecule has 0 heterocycles. The van der Waals surface area contributed by atoms with Crippen molar-refractivity contribution in [2.75, 3.05) is 0 Å². The minimum atomic E-state index is 0.312. The quantitative estimate of drug-likeness (QED) is 0.669. The van der Waals surface area contributed by atoms with Crippen molar-refractivity contribution in [1.29, 1.82) is 0 Å². The van der Waals surface area contributed by atoms with Crippen LogP contribution in [0.3, 0.4) is 0 Å². The predicted molar refractivity (Wildman–Crippen MR) is 68.2 cm³/mol. The molecular formula is C16H14. The zero-order valence-corrected chi connectivity index (χ0v) is 9.14. The molecule has 0 saturated heterocycles. The van der Waals surface area contributed by atoms with E-state index in [1.807, 2.05) is 12.1 Å². The number of terminal acetylenes is 1. The smallest absolute Gasteiger partial charge is 0.0199 e. The highest BCUT2D eigenvalue weighted by Gasteiger charge is 2.11. The van der Waals surface area contributed by atoms with E-state index in [-0.39, 0.29) is 0 Å². The topological polar surface area (TPSA) is 0 Å². The number of benzene rings is 2. The van der Waals surface area contributed by atoms with Gasteiger partial charge in [0.05, 0.1) is 0 Å². The zero-order valence-electron chi connectivity index (χ0n) is 9.14. The van der Waals surface area contributed by atoms with E-state index in [0.29, 0.717) is 5.92 Å². The Hall–Kier alpha value is -2.00. The monoisotopic (exact) mass is 206 g/mol. The van der Waals surface area contributed by atoms with Crippen LogP contribution < -0.4 is 0 Å². The summed E-state index contributed by atoms with van der Waals surface area (Å²) < 4.78 is 0. The molecule has 0 aromatic heterocycles. The van der Waals surface area contributed by atoms with Crippen molar-refractivity contribution in [3.63, 3.8) is 0 Å². The minimum Gasteiger partial charge on any atom is -0.120 e. The van der Waals surface area contributed by atoms with Crippen LogP contribution in [0.2, 0.25) is 0 Å². The molecule has 78 valence electrons. The maximum absolute atomic E-state index is 5.45. The lowest BCUT2D eigenvalue weighted by Gasteiger charge is -2.15. The third kappa shape index (κ3) is 2.32. The molecule has 0 N–H and O–H groups in total. The summed E-state index contributed by atoms with van der Waals surface area (Å²) in [6.07, 6.45) is 6.20. The zero-order chi connectivity index (χ0) is 11.2. The van der Waals surface area contributed by atoms with Crippen LogP contribution in [-0.4, -0.2) is 0 Å². The van der Waals surface area contributed by atoms with Crippen molar-refractivity contribution in [2.24, 2.45) is 0 Å². The number of hydrogen-bond donors (Lipinski definition) is 0. The molecule has 2 aromatic carbocycles. The van der Waals surface area contributed by atoms with E-state index in [0.717, 1.165) is 6.42 Å². The second kappa shape index (κ2) is 5.19. The van der Waals surface area contributed by atoms with Crippen LogP contribution in [0.25, 0.3) is 0 Å². The van der Waals surface area contributed by atoms with Gasteiger partial charge in [-0.2, -0.15) is 0 Å². The maximum Gasteiger partial charge on any atom is 0.0199 e. The van der Waals surface area contributed by atoms with E-state index in [1.165, 1.54) is 11.1 Å². The van der Waals surface area contributed by atoms with Gasteiger partial charge in [-0.25, -0.2) is 0 Å². The van der Waals surface area contributed by atoms with E-state index in [4.69, 9.17) is 6.42 Å². The molecule has 0 aliphatic carbocycles. The van der Waals surface area contributed by atoms with Crippen molar-refractivity contribution < 1.29 is 0 Å². The summed E-state index contributed by atoms with van der Waals surface area (Å²) in [5.74, 6) is 3.08. The van der Waals surface area contributed by atoms with Gasteiger partial charge in [-0.1, -0.05) is 60.7 Å². The number of rotatable bonds is 3. The van der Waals surface area contributed by atoms with Gasteiger partial charge in [-0.05, 0) is 11.1 Å². The molecule has 0 unspecified atom stereocenters. The van der Waals surface area contributed by atoms with Gasteiger partial charge in [0.25, 0.3) is 0 Å². The van der Waals surface area contributed by atoms with Crippen molar-refractivity contribution in [3.05, 3.63) is 71.8 Å². The fraction of sp³-hybridized carbons (Fsp3) is 0.125. The van der Waals surface area contributed by atoms with Gasteiger partial charge in [0.15, 0.2) is 0 Å². The molecule has 2 aromatic rings. The number of hydrogen-bond acceptors (Lipinski definition) is 0. The maximum atomic E-state index is 5.45. The highest BCUT2D eigenvalue weighted by Crippen LogP contribution is 2.26. The third-order valence-corrected chi connectivity index (χ3v) is 2.73. The molecule has 16 heavy (non-hydrogen) atoms. The van der Waals surface area contributed by atoms with E-state index >= 15 is 0 Å². The van der Waals surface area contributed by atoms with Crippen LogP contribution in [-0.2, 0) is 0 Å². The Morgan fingerprint density at radius 3 is 1.62 bits per heavy atom. The highest BCUT2D eigenvalue weighted by molar-refractivity contribution is 5.33. The Bertz CT molecular complexity index is 423. The first-order valence-electron chi connectivity index (χ1n) is 5.45. The molecule has 0 nitrogen and oxygen atoms in total. The molecule has 0 radical (unpaired) electrons. The Labute approximate surface area is 96.9 Å². The van der Waals surface area contributed by atoms with Gasteiger partial charge in [0, 0.05) is 12.3 Å². The molecular weight excluding hydrogens is 192 g/mol. The fourth-order valence-electron chi connectivity index (χ4n) is 1.92. The summed E-state index contributed by atoms with van der Waals surface area (Å²) in [5, 5.41) is 0. The third-order valence-electron chi connectivity index (χ3n) is 2.73.